The van der Waals surface area contributed by atoms with Crippen LogP contribution in [0.4, 0.5) is 16.0 Å². The van der Waals surface area contributed by atoms with E-state index in [1.54, 1.807) is 19.2 Å². The topological polar surface area (TPSA) is 75.9 Å². The number of nitrogens with zero attached hydrogens (tertiary/aromatic N) is 5. The van der Waals surface area contributed by atoms with Gasteiger partial charge in [-0.05, 0) is 40.6 Å². The summed E-state index contributed by atoms with van der Waals surface area (Å²) in [5.41, 5.74) is 2.19. The molecule has 1 N–H and O–H groups in total. The number of hydrogen-bond donors (Lipinski definition) is 1. The van der Waals surface area contributed by atoms with Crippen LogP contribution in [0.2, 0.25) is 5.02 Å². The molecule has 0 bridgehead atoms. The molecule has 0 fully saturated rings. The van der Waals surface area contributed by atoms with Crippen LogP contribution in [0.3, 0.4) is 0 Å². The second-order valence-electron chi connectivity index (χ2n) is 6.76. The Labute approximate surface area is 182 Å². The molecule has 3 aromatic rings. The molecule has 1 aromatic heterocycles. The molecule has 0 unspecified atom stereocenters. The Kier molecular flexibility index (Phi) is 5.69. The van der Waals surface area contributed by atoms with Gasteiger partial charge < -0.3 is 10.2 Å². The smallest absolute Gasteiger partial charge is 0.266 e. The van der Waals surface area contributed by atoms with Gasteiger partial charge in [0.2, 0.25) is 0 Å². The highest BCUT2D eigenvalue weighted by molar-refractivity contribution is 6.34. The number of halogens is 3. The largest absolute Gasteiger partial charge is 0.333 e. The zero-order valence-electron chi connectivity index (χ0n) is 15.9. The molecule has 10 heteroatoms. The molecule has 2 aromatic carbocycles. The van der Waals surface area contributed by atoms with Gasteiger partial charge in [0, 0.05) is 30.2 Å². The number of carbonyl (C=O) groups is 1. The minimum atomic E-state index is -0.673. The number of rotatable bonds is 4. The van der Waals surface area contributed by atoms with Crippen LogP contribution in [-0.2, 0) is 7.05 Å². The number of aromatic nitrogens is 4. The number of anilines is 2. The Morgan fingerprint density at radius 1 is 1.17 bits per heavy atom. The molecule has 0 saturated carbocycles. The van der Waals surface area contributed by atoms with Crippen LogP contribution in [0.5, 0.6) is 0 Å². The Balaban J connectivity index is 1.51. The summed E-state index contributed by atoms with van der Waals surface area (Å²) in [4.78, 5) is 15.8. The SMILES string of the molecule is Cn1nnc(N2CCC(Cl)=C(c3ccc(NC(=O)c4c(F)cccc4Cl)cc3)C2)n1. The van der Waals surface area contributed by atoms with Gasteiger partial charge in [-0.3, -0.25) is 4.79 Å². The fourth-order valence-corrected chi connectivity index (χ4v) is 3.72. The van der Waals surface area contributed by atoms with E-state index in [0.29, 0.717) is 31.1 Å². The van der Waals surface area contributed by atoms with Crippen molar-refractivity contribution in [2.45, 2.75) is 6.42 Å². The molecule has 7 nitrogen and oxygen atoms in total. The number of amides is 1. The normalized spacial score (nSPS) is 14.2. The highest BCUT2D eigenvalue weighted by Gasteiger charge is 2.22. The average molecular weight is 447 g/mol. The number of nitrogens with one attached hydrogen (secondary N) is 1. The van der Waals surface area contributed by atoms with E-state index in [1.165, 1.54) is 23.0 Å². The molecule has 1 aliphatic rings. The predicted octanol–water partition coefficient (Wildman–Crippen LogP) is 4.12. The van der Waals surface area contributed by atoms with Crippen molar-refractivity contribution in [1.29, 1.82) is 0 Å². The second kappa shape index (κ2) is 8.41. The lowest BCUT2D eigenvalue weighted by Gasteiger charge is -2.28. The summed E-state index contributed by atoms with van der Waals surface area (Å²) in [6, 6.07) is 11.3. The van der Waals surface area contributed by atoms with Crippen molar-refractivity contribution < 1.29 is 9.18 Å². The van der Waals surface area contributed by atoms with Crippen molar-refractivity contribution >= 4 is 46.3 Å². The van der Waals surface area contributed by atoms with Gasteiger partial charge in [0.25, 0.3) is 11.9 Å². The maximum Gasteiger partial charge on any atom is 0.266 e. The third-order valence-corrected chi connectivity index (χ3v) is 5.47. The monoisotopic (exact) mass is 446 g/mol. The summed E-state index contributed by atoms with van der Waals surface area (Å²) in [5.74, 6) is -0.737. The van der Waals surface area contributed by atoms with E-state index in [0.717, 1.165) is 16.2 Å². The third kappa shape index (κ3) is 4.15. The summed E-state index contributed by atoms with van der Waals surface area (Å²) in [6.07, 6.45) is 0.666. The number of benzene rings is 2. The van der Waals surface area contributed by atoms with Gasteiger partial charge in [-0.25, -0.2) is 4.39 Å². The Hall–Kier alpha value is -2.97. The van der Waals surface area contributed by atoms with Gasteiger partial charge in [0.15, 0.2) is 0 Å². The van der Waals surface area contributed by atoms with Crippen molar-refractivity contribution in [3.63, 3.8) is 0 Å². The van der Waals surface area contributed by atoms with Gasteiger partial charge in [-0.2, -0.15) is 4.80 Å². The quantitative estimate of drug-likeness (QED) is 0.652. The fraction of sp³-hybridized carbons (Fsp3) is 0.200. The molecule has 2 heterocycles. The number of aryl methyl sites for hydroxylation is 1. The Morgan fingerprint density at radius 3 is 2.60 bits per heavy atom. The highest BCUT2D eigenvalue weighted by atomic mass is 35.5. The van der Waals surface area contributed by atoms with Gasteiger partial charge in [0.1, 0.15) is 5.82 Å². The fourth-order valence-electron chi connectivity index (χ4n) is 3.22. The number of carbonyl (C=O) groups excluding carboxylic acids is 1. The number of hydrogen-bond acceptors (Lipinski definition) is 5. The lowest BCUT2D eigenvalue weighted by atomic mass is 10.0. The summed E-state index contributed by atoms with van der Waals surface area (Å²) in [6.45, 7) is 1.24. The standard InChI is InChI=1S/C20H17Cl2FN6O/c1-28-26-20(25-27-28)29-10-9-15(21)14(11-29)12-5-7-13(8-6-12)24-19(30)18-16(22)3-2-4-17(18)23/h2-8H,9-11H2,1H3,(H,24,30). The highest BCUT2D eigenvalue weighted by Crippen LogP contribution is 2.31. The van der Waals surface area contributed by atoms with Gasteiger partial charge in [0.05, 0.1) is 17.6 Å². The minimum absolute atomic E-state index is 0.0565. The molecular formula is C20H17Cl2FN6O. The first-order valence-corrected chi connectivity index (χ1v) is 9.90. The van der Waals surface area contributed by atoms with Crippen LogP contribution < -0.4 is 10.2 Å². The van der Waals surface area contributed by atoms with E-state index in [1.807, 2.05) is 17.0 Å². The maximum absolute atomic E-state index is 13.9. The molecule has 1 aliphatic heterocycles. The van der Waals surface area contributed by atoms with Crippen LogP contribution in [0, 0.1) is 5.82 Å². The van der Waals surface area contributed by atoms with Crippen LogP contribution in [0.25, 0.3) is 5.57 Å². The van der Waals surface area contributed by atoms with Gasteiger partial charge in [-0.15, -0.1) is 5.10 Å². The first-order valence-electron chi connectivity index (χ1n) is 9.14. The van der Waals surface area contributed by atoms with Crippen molar-refractivity contribution in [2.24, 2.45) is 7.05 Å². The van der Waals surface area contributed by atoms with E-state index in [9.17, 15) is 9.18 Å². The van der Waals surface area contributed by atoms with Crippen LogP contribution in [-0.4, -0.2) is 39.2 Å². The lowest BCUT2D eigenvalue weighted by molar-refractivity contribution is 0.102. The number of tetrazole rings is 1. The van der Waals surface area contributed by atoms with Crippen LogP contribution in [0.1, 0.15) is 22.3 Å². The molecule has 0 saturated heterocycles. The van der Waals surface area contributed by atoms with Crippen molar-refractivity contribution in [2.75, 3.05) is 23.3 Å². The zero-order valence-corrected chi connectivity index (χ0v) is 17.5. The second-order valence-corrected chi connectivity index (χ2v) is 7.63. The van der Waals surface area contributed by atoms with Crippen LogP contribution in [0.15, 0.2) is 47.5 Å². The summed E-state index contributed by atoms with van der Waals surface area (Å²) < 4.78 is 13.9. The van der Waals surface area contributed by atoms with E-state index in [-0.39, 0.29) is 10.6 Å². The van der Waals surface area contributed by atoms with Crippen molar-refractivity contribution in [3.8, 4) is 0 Å². The Bertz CT molecular complexity index is 1110. The first-order chi connectivity index (χ1) is 14.4. The Morgan fingerprint density at radius 2 is 1.93 bits per heavy atom. The average Bonchev–Trinajstić information content (AvgIpc) is 3.15. The van der Waals surface area contributed by atoms with Gasteiger partial charge >= 0.3 is 0 Å². The summed E-state index contributed by atoms with van der Waals surface area (Å²) in [7, 11) is 1.71. The summed E-state index contributed by atoms with van der Waals surface area (Å²) >= 11 is 12.4. The molecule has 1 amide bonds. The molecule has 4 rings (SSSR count). The maximum atomic E-state index is 13.9. The molecule has 0 aliphatic carbocycles. The van der Waals surface area contributed by atoms with Crippen molar-refractivity contribution in [1.82, 2.24) is 20.2 Å². The predicted molar refractivity (Wildman–Crippen MR) is 114 cm³/mol. The van der Waals surface area contributed by atoms with E-state index in [2.05, 4.69) is 20.7 Å². The summed E-state index contributed by atoms with van der Waals surface area (Å²) in [5, 5.41) is 15.7. The lowest BCUT2D eigenvalue weighted by Crippen LogP contribution is -2.31. The molecule has 0 radical (unpaired) electrons. The molecule has 154 valence electrons. The molecule has 30 heavy (non-hydrogen) atoms. The van der Waals surface area contributed by atoms with Crippen molar-refractivity contribution in [3.05, 3.63) is 69.5 Å². The molecule has 0 spiro atoms. The zero-order chi connectivity index (χ0) is 21.3. The molecule has 0 atom stereocenters. The molecular weight excluding hydrogens is 430 g/mol. The minimum Gasteiger partial charge on any atom is -0.333 e. The third-order valence-electron chi connectivity index (χ3n) is 4.74. The van der Waals surface area contributed by atoms with E-state index >= 15 is 0 Å². The van der Waals surface area contributed by atoms with Gasteiger partial charge in [-0.1, -0.05) is 46.5 Å². The van der Waals surface area contributed by atoms with E-state index < -0.39 is 11.7 Å². The van der Waals surface area contributed by atoms with E-state index in [4.69, 9.17) is 23.2 Å². The first kappa shape index (κ1) is 20.3. The van der Waals surface area contributed by atoms with Crippen LogP contribution >= 0.6 is 23.2 Å².